The Morgan fingerprint density at radius 3 is 2.50 bits per heavy atom. The van der Waals surface area contributed by atoms with Gasteiger partial charge in [0.25, 0.3) is 5.88 Å². The minimum atomic E-state index is -6.30. The predicted octanol–water partition coefficient (Wildman–Crippen LogP) is 5.98. The molecule has 0 spiro atoms. The number of fused-ring (bicyclic) bond motifs is 2. The van der Waals surface area contributed by atoms with Crippen LogP contribution in [0.15, 0.2) is 36.2 Å². The van der Waals surface area contributed by atoms with E-state index in [0.717, 1.165) is 17.5 Å². The van der Waals surface area contributed by atoms with Gasteiger partial charge >= 0.3 is 15.6 Å². The van der Waals surface area contributed by atoms with Crippen LogP contribution in [0.1, 0.15) is 25.6 Å². The molecule has 2 atom stereocenters. The lowest BCUT2D eigenvalue weighted by atomic mass is 9.96. The number of nitrogens with zero attached hydrogens (tertiary/aromatic N) is 4. The van der Waals surface area contributed by atoms with Crippen LogP contribution < -0.4 is 8.92 Å². The number of hydrogen-bond acceptors (Lipinski definition) is 9. The van der Waals surface area contributed by atoms with E-state index in [1.165, 1.54) is 22.8 Å². The zero-order valence-electron chi connectivity index (χ0n) is 24.2. The quantitative estimate of drug-likeness (QED) is 0.0694. The summed E-state index contributed by atoms with van der Waals surface area (Å²) in [6.07, 6.45) is 1.13. The van der Waals surface area contributed by atoms with E-state index >= 15 is 8.78 Å². The van der Waals surface area contributed by atoms with E-state index in [1.807, 2.05) is 0 Å². The van der Waals surface area contributed by atoms with Crippen LogP contribution in [0, 0.1) is 17.5 Å². The second-order valence-corrected chi connectivity index (χ2v) is 12.5. The zero-order chi connectivity index (χ0) is 33.7. The van der Waals surface area contributed by atoms with Gasteiger partial charge in [-0.3, -0.25) is 9.48 Å². The van der Waals surface area contributed by atoms with Crippen molar-refractivity contribution in [3.63, 3.8) is 0 Å². The molecule has 46 heavy (non-hydrogen) atoms. The summed E-state index contributed by atoms with van der Waals surface area (Å²) in [5.41, 5.74) is -7.12. The van der Waals surface area contributed by atoms with E-state index in [2.05, 4.69) is 20.8 Å². The summed E-state index contributed by atoms with van der Waals surface area (Å²) < 4.78 is 126. The van der Waals surface area contributed by atoms with Crippen molar-refractivity contribution in [1.29, 1.82) is 0 Å². The van der Waals surface area contributed by atoms with Crippen molar-refractivity contribution in [2.45, 2.75) is 38.0 Å². The minimum absolute atomic E-state index is 0.0171. The molecule has 0 saturated carbocycles. The third kappa shape index (κ3) is 5.79. The maximum absolute atomic E-state index is 15.8. The van der Waals surface area contributed by atoms with Crippen LogP contribution >= 0.6 is 11.3 Å². The Kier molecular flexibility index (Phi) is 8.82. The number of hydrogen-bond donors (Lipinski definition) is 0. The average molecular weight is 691 g/mol. The molecule has 0 radical (unpaired) electrons. The molecule has 0 aliphatic carbocycles. The number of rotatable bonds is 9. The number of carbonyl (C=O) groups excluding carboxylic acids is 1. The highest BCUT2D eigenvalue weighted by Crippen LogP contribution is 2.48. The standard InChI is InChI=1S/C28H24F6N4O6S2/c1-5-21(39)38-13(2)11-37-19(14(38)3)10-18(36-37)25-24(22-16(30)8-15(29)9-20(22)43-7-6-42-4)23-17(31)12-45-26(23)27(35-25)44-46(40,41)28(32,33)34/h5,8-10,12-14H,1,6-7,11H2,2-4H3/t13-,14+/m1/s1. The van der Waals surface area contributed by atoms with Gasteiger partial charge in [-0.1, -0.05) is 6.58 Å². The number of halogens is 6. The summed E-state index contributed by atoms with van der Waals surface area (Å²) >= 11 is 0.444. The maximum atomic E-state index is 15.8. The summed E-state index contributed by atoms with van der Waals surface area (Å²) in [4.78, 5) is 18.2. The van der Waals surface area contributed by atoms with Gasteiger partial charge in [0.15, 0.2) is 0 Å². The number of carbonyl (C=O) groups is 1. The average Bonchev–Trinajstić information content (AvgIpc) is 3.56. The van der Waals surface area contributed by atoms with E-state index < -0.39 is 89.6 Å². The Morgan fingerprint density at radius 2 is 1.85 bits per heavy atom. The van der Waals surface area contributed by atoms with Crippen LogP contribution in [0.25, 0.3) is 32.6 Å². The molecular formula is C28H24F6N4O6S2. The summed E-state index contributed by atoms with van der Waals surface area (Å²) in [6.45, 7) is 6.83. The topological polar surface area (TPSA) is 113 Å². The van der Waals surface area contributed by atoms with Crippen molar-refractivity contribution < 1.29 is 53.2 Å². The number of amides is 1. The Hall–Kier alpha value is -4.16. The predicted molar refractivity (Wildman–Crippen MR) is 154 cm³/mol. The first-order valence-electron chi connectivity index (χ1n) is 13.3. The number of methoxy groups -OCH3 is 1. The molecule has 5 rings (SSSR count). The number of aromatic nitrogens is 3. The number of alkyl halides is 3. The van der Waals surface area contributed by atoms with Crippen LogP contribution in [0.3, 0.4) is 0 Å². The van der Waals surface area contributed by atoms with Crippen LogP contribution in [-0.2, 0) is 26.2 Å². The molecule has 0 N–H and O–H groups in total. The number of pyridine rings is 1. The molecule has 1 amide bonds. The Labute approximate surface area is 261 Å². The smallest absolute Gasteiger partial charge is 0.490 e. The van der Waals surface area contributed by atoms with E-state index in [-0.39, 0.29) is 25.5 Å². The molecule has 0 saturated heterocycles. The van der Waals surface area contributed by atoms with Crippen LogP contribution in [0.2, 0.25) is 0 Å². The van der Waals surface area contributed by atoms with Crippen LogP contribution in [0.4, 0.5) is 26.3 Å². The zero-order valence-corrected chi connectivity index (χ0v) is 25.8. The Bertz CT molecular complexity index is 1960. The molecule has 3 aromatic heterocycles. The van der Waals surface area contributed by atoms with Gasteiger partial charge in [0, 0.05) is 41.6 Å². The molecular weight excluding hydrogens is 666 g/mol. The number of ether oxygens (including phenoxy) is 2. The Balaban J connectivity index is 1.85. The summed E-state index contributed by atoms with van der Waals surface area (Å²) in [5, 5.41) is 4.72. The van der Waals surface area contributed by atoms with Crippen molar-refractivity contribution in [3.05, 3.63) is 59.4 Å². The maximum Gasteiger partial charge on any atom is 0.534 e. The van der Waals surface area contributed by atoms with Gasteiger partial charge in [0.2, 0.25) is 5.91 Å². The van der Waals surface area contributed by atoms with Crippen molar-refractivity contribution in [2.75, 3.05) is 20.3 Å². The van der Waals surface area contributed by atoms with Crippen molar-refractivity contribution in [3.8, 4) is 34.1 Å². The SMILES string of the molecule is C=CC(=O)N1[C@H](C)Cn2nc(-c3nc(OS(=O)(=O)C(F)(F)F)c4scc(F)c4c3-c3c(F)cc(F)cc3OCCOC)cc2[C@@H]1C. The van der Waals surface area contributed by atoms with E-state index in [0.29, 0.717) is 23.1 Å². The fraction of sp³-hybridized carbons (Fsp3) is 0.321. The second-order valence-electron chi connectivity index (χ2n) is 10.1. The van der Waals surface area contributed by atoms with Gasteiger partial charge in [-0.15, -0.1) is 11.3 Å². The van der Waals surface area contributed by atoms with E-state index in [9.17, 15) is 30.8 Å². The molecule has 10 nitrogen and oxygen atoms in total. The lowest BCUT2D eigenvalue weighted by Gasteiger charge is -2.38. The van der Waals surface area contributed by atoms with Gasteiger partial charge in [-0.05, 0) is 26.0 Å². The molecule has 1 aromatic carbocycles. The van der Waals surface area contributed by atoms with E-state index in [1.54, 1.807) is 13.8 Å². The van der Waals surface area contributed by atoms with Gasteiger partial charge < -0.3 is 18.6 Å². The highest BCUT2D eigenvalue weighted by atomic mass is 32.2. The third-order valence-electron chi connectivity index (χ3n) is 7.17. The fourth-order valence-electron chi connectivity index (χ4n) is 5.24. The number of thiophene rings is 1. The van der Waals surface area contributed by atoms with Gasteiger partial charge in [0.1, 0.15) is 45.9 Å². The van der Waals surface area contributed by atoms with Gasteiger partial charge in [-0.2, -0.15) is 26.7 Å². The highest BCUT2D eigenvalue weighted by molar-refractivity contribution is 7.88. The normalized spacial score (nSPS) is 16.8. The molecule has 4 heterocycles. The first kappa shape index (κ1) is 33.2. The van der Waals surface area contributed by atoms with Gasteiger partial charge in [-0.25, -0.2) is 18.2 Å². The third-order valence-corrected chi connectivity index (χ3v) is 9.05. The monoisotopic (exact) mass is 690 g/mol. The highest BCUT2D eigenvalue weighted by Gasteiger charge is 2.49. The fourth-order valence-corrected chi connectivity index (χ4v) is 6.56. The van der Waals surface area contributed by atoms with Crippen LogP contribution in [0.5, 0.6) is 11.6 Å². The summed E-state index contributed by atoms with van der Waals surface area (Å²) in [6, 6.07) is 1.65. The summed E-state index contributed by atoms with van der Waals surface area (Å²) in [5.74, 6) is -5.40. The van der Waals surface area contributed by atoms with Crippen molar-refractivity contribution >= 4 is 37.4 Å². The number of benzene rings is 1. The lowest BCUT2D eigenvalue weighted by Crippen LogP contribution is -2.46. The largest absolute Gasteiger partial charge is 0.534 e. The molecule has 0 fully saturated rings. The molecule has 18 heteroatoms. The van der Waals surface area contributed by atoms with Crippen LogP contribution in [-0.4, -0.2) is 65.9 Å². The van der Waals surface area contributed by atoms with Gasteiger partial charge in [0.05, 0.1) is 30.5 Å². The lowest BCUT2D eigenvalue weighted by molar-refractivity contribution is -0.131. The molecule has 4 aromatic rings. The molecule has 246 valence electrons. The second kappa shape index (κ2) is 12.2. The summed E-state index contributed by atoms with van der Waals surface area (Å²) in [7, 11) is -4.95. The van der Waals surface area contributed by atoms with Crippen molar-refractivity contribution in [2.24, 2.45) is 0 Å². The first-order valence-corrected chi connectivity index (χ1v) is 15.6. The first-order chi connectivity index (χ1) is 21.6. The molecule has 0 bridgehead atoms. The molecule has 1 aliphatic rings. The van der Waals surface area contributed by atoms with Crippen molar-refractivity contribution in [1.82, 2.24) is 19.7 Å². The molecule has 0 unspecified atom stereocenters. The molecule has 1 aliphatic heterocycles. The van der Waals surface area contributed by atoms with E-state index in [4.69, 9.17) is 9.47 Å². The minimum Gasteiger partial charge on any atom is -0.490 e. The Morgan fingerprint density at radius 1 is 1.13 bits per heavy atom.